The van der Waals surface area contributed by atoms with Crippen LogP contribution in [0.4, 0.5) is 0 Å². The van der Waals surface area contributed by atoms with Crippen molar-refractivity contribution < 1.29 is 23.9 Å². The minimum absolute atomic E-state index is 0.247. The summed E-state index contributed by atoms with van der Waals surface area (Å²) in [5, 5.41) is 0. The first-order valence-electron chi connectivity index (χ1n) is 8.96. The number of methoxy groups -OCH3 is 1. The molecule has 0 radical (unpaired) electrons. The Kier molecular flexibility index (Phi) is 5.44. The standard InChI is InChI=1S/C19H24N2O5/c1-25-19(24)14-8-13(9-15(10-14)26-11-12-4-2-5-12)18(23)21-7-3-6-16(21)17(20)22/h8-10,12,16H,2-7,11H2,1H3,(H2,20,22)/t16-/m1/s1. The van der Waals surface area contributed by atoms with E-state index >= 15 is 0 Å². The molecule has 1 atom stereocenters. The van der Waals surface area contributed by atoms with Crippen LogP contribution in [-0.2, 0) is 9.53 Å². The number of benzene rings is 1. The average Bonchev–Trinajstić information content (AvgIpc) is 3.08. The molecule has 1 saturated heterocycles. The summed E-state index contributed by atoms with van der Waals surface area (Å²) in [4.78, 5) is 37.9. The molecule has 2 amide bonds. The zero-order valence-electron chi connectivity index (χ0n) is 14.9. The van der Waals surface area contributed by atoms with Crippen LogP contribution in [0.3, 0.4) is 0 Å². The molecule has 1 heterocycles. The molecule has 0 aromatic heterocycles. The molecule has 7 nitrogen and oxygen atoms in total. The number of carbonyl (C=O) groups is 3. The lowest BCUT2D eigenvalue weighted by Crippen LogP contribution is -2.43. The molecule has 1 aromatic rings. The van der Waals surface area contributed by atoms with E-state index in [4.69, 9.17) is 15.2 Å². The molecular formula is C19H24N2O5. The van der Waals surface area contributed by atoms with Crippen LogP contribution in [0.5, 0.6) is 5.75 Å². The van der Waals surface area contributed by atoms with E-state index in [0.717, 1.165) is 19.3 Å². The van der Waals surface area contributed by atoms with Gasteiger partial charge in [0, 0.05) is 12.1 Å². The van der Waals surface area contributed by atoms with Gasteiger partial charge in [0.15, 0.2) is 0 Å². The molecule has 1 aliphatic heterocycles. The zero-order valence-corrected chi connectivity index (χ0v) is 14.9. The van der Waals surface area contributed by atoms with Gasteiger partial charge in [-0.05, 0) is 49.8 Å². The molecule has 2 aliphatic rings. The number of primary amides is 1. The van der Waals surface area contributed by atoms with E-state index in [9.17, 15) is 14.4 Å². The van der Waals surface area contributed by atoms with Crippen molar-refractivity contribution in [1.82, 2.24) is 4.90 Å². The fraction of sp³-hybridized carbons (Fsp3) is 0.526. The zero-order chi connectivity index (χ0) is 18.7. The summed E-state index contributed by atoms with van der Waals surface area (Å²) >= 11 is 0. The number of ether oxygens (including phenoxy) is 2. The second-order valence-corrected chi connectivity index (χ2v) is 6.90. The van der Waals surface area contributed by atoms with E-state index in [1.165, 1.54) is 24.5 Å². The number of nitrogens with zero attached hydrogens (tertiary/aromatic N) is 1. The summed E-state index contributed by atoms with van der Waals surface area (Å²) in [6, 6.07) is 4.06. The lowest BCUT2D eigenvalue weighted by atomic mass is 9.86. The summed E-state index contributed by atoms with van der Waals surface area (Å²) in [6.07, 6.45) is 4.76. The Morgan fingerprint density at radius 1 is 1.12 bits per heavy atom. The van der Waals surface area contributed by atoms with E-state index in [1.54, 1.807) is 12.1 Å². The highest BCUT2D eigenvalue weighted by Crippen LogP contribution is 2.28. The average molecular weight is 360 g/mol. The Morgan fingerprint density at radius 2 is 1.85 bits per heavy atom. The van der Waals surface area contributed by atoms with Gasteiger partial charge in [-0.1, -0.05) is 6.42 Å². The molecule has 1 aromatic carbocycles. The number of hydrogen-bond acceptors (Lipinski definition) is 5. The predicted octanol–water partition coefficient (Wildman–Crippen LogP) is 1.74. The third-order valence-corrected chi connectivity index (χ3v) is 5.13. The van der Waals surface area contributed by atoms with Gasteiger partial charge in [-0.3, -0.25) is 9.59 Å². The molecule has 2 fully saturated rings. The normalized spacial score (nSPS) is 19.7. The van der Waals surface area contributed by atoms with Gasteiger partial charge in [0.2, 0.25) is 5.91 Å². The first-order valence-corrected chi connectivity index (χ1v) is 8.96. The maximum Gasteiger partial charge on any atom is 0.338 e. The molecule has 1 aliphatic carbocycles. The SMILES string of the molecule is COC(=O)c1cc(OCC2CCC2)cc(C(=O)N2CCC[C@@H]2C(N)=O)c1. The monoisotopic (exact) mass is 360 g/mol. The van der Waals surface area contributed by atoms with Gasteiger partial charge in [-0.2, -0.15) is 0 Å². The molecule has 0 bridgehead atoms. The van der Waals surface area contributed by atoms with E-state index in [-0.39, 0.29) is 11.5 Å². The molecule has 140 valence electrons. The number of nitrogens with two attached hydrogens (primary N) is 1. The van der Waals surface area contributed by atoms with E-state index < -0.39 is 17.9 Å². The third kappa shape index (κ3) is 3.81. The smallest absolute Gasteiger partial charge is 0.338 e. The largest absolute Gasteiger partial charge is 0.493 e. The topological polar surface area (TPSA) is 98.9 Å². The number of esters is 1. The molecule has 7 heteroatoms. The van der Waals surface area contributed by atoms with Crippen molar-refractivity contribution in [2.45, 2.75) is 38.1 Å². The summed E-state index contributed by atoms with van der Waals surface area (Å²) in [5.74, 6) is -0.403. The number of carbonyl (C=O) groups excluding carboxylic acids is 3. The molecular weight excluding hydrogens is 336 g/mol. The van der Waals surface area contributed by atoms with Gasteiger partial charge in [0.25, 0.3) is 5.91 Å². The van der Waals surface area contributed by atoms with Crippen molar-refractivity contribution in [2.75, 3.05) is 20.3 Å². The van der Waals surface area contributed by atoms with Crippen LogP contribution in [-0.4, -0.2) is 49.0 Å². The fourth-order valence-corrected chi connectivity index (χ4v) is 3.39. The lowest BCUT2D eigenvalue weighted by Gasteiger charge is -2.25. The Bertz CT molecular complexity index is 714. The van der Waals surface area contributed by atoms with Crippen LogP contribution >= 0.6 is 0 Å². The van der Waals surface area contributed by atoms with Crippen LogP contribution in [0.15, 0.2) is 18.2 Å². The summed E-state index contributed by atoms with van der Waals surface area (Å²) in [6.45, 7) is 1.03. The number of likely N-dealkylation sites (tertiary alicyclic amines) is 1. The summed E-state index contributed by atoms with van der Waals surface area (Å²) in [5.41, 5.74) is 5.95. The van der Waals surface area contributed by atoms with Gasteiger partial charge in [-0.15, -0.1) is 0 Å². The summed E-state index contributed by atoms with van der Waals surface area (Å²) < 4.78 is 10.6. The second kappa shape index (κ2) is 7.76. The molecule has 2 N–H and O–H groups in total. The predicted molar refractivity (Wildman–Crippen MR) is 93.9 cm³/mol. The molecule has 1 saturated carbocycles. The maximum atomic E-state index is 12.9. The van der Waals surface area contributed by atoms with Crippen molar-refractivity contribution in [2.24, 2.45) is 11.7 Å². The summed E-state index contributed by atoms with van der Waals surface area (Å²) in [7, 11) is 1.29. The highest BCUT2D eigenvalue weighted by atomic mass is 16.5. The van der Waals surface area contributed by atoms with E-state index in [1.807, 2.05) is 0 Å². The minimum atomic E-state index is -0.608. The van der Waals surface area contributed by atoms with Crippen LogP contribution in [0.2, 0.25) is 0 Å². The Labute approximate surface area is 152 Å². The Hall–Kier alpha value is -2.57. The van der Waals surface area contributed by atoms with Crippen LogP contribution in [0.25, 0.3) is 0 Å². The van der Waals surface area contributed by atoms with E-state index in [2.05, 4.69) is 0 Å². The highest BCUT2D eigenvalue weighted by Gasteiger charge is 2.33. The van der Waals surface area contributed by atoms with Crippen LogP contribution in [0, 0.1) is 5.92 Å². The van der Waals surface area contributed by atoms with Gasteiger partial charge < -0.3 is 20.1 Å². The quantitative estimate of drug-likeness (QED) is 0.779. The van der Waals surface area contributed by atoms with Gasteiger partial charge in [0.1, 0.15) is 11.8 Å². The lowest BCUT2D eigenvalue weighted by molar-refractivity contribution is -0.121. The first kappa shape index (κ1) is 18.2. The Balaban J connectivity index is 1.84. The molecule has 3 rings (SSSR count). The minimum Gasteiger partial charge on any atom is -0.493 e. The molecule has 0 spiro atoms. The van der Waals surface area contributed by atoms with Crippen molar-refractivity contribution in [3.05, 3.63) is 29.3 Å². The van der Waals surface area contributed by atoms with Gasteiger partial charge in [0.05, 0.1) is 19.3 Å². The van der Waals surface area contributed by atoms with Gasteiger partial charge >= 0.3 is 5.97 Å². The molecule has 26 heavy (non-hydrogen) atoms. The number of amides is 2. The van der Waals surface area contributed by atoms with E-state index in [0.29, 0.717) is 36.8 Å². The fourth-order valence-electron chi connectivity index (χ4n) is 3.39. The van der Waals surface area contributed by atoms with Gasteiger partial charge in [-0.25, -0.2) is 4.79 Å². The van der Waals surface area contributed by atoms with Crippen molar-refractivity contribution >= 4 is 17.8 Å². The van der Waals surface area contributed by atoms with Crippen molar-refractivity contribution in [1.29, 1.82) is 0 Å². The number of hydrogen-bond donors (Lipinski definition) is 1. The van der Waals surface area contributed by atoms with Crippen LogP contribution < -0.4 is 10.5 Å². The number of rotatable bonds is 6. The second-order valence-electron chi connectivity index (χ2n) is 6.90. The Morgan fingerprint density at radius 3 is 2.46 bits per heavy atom. The first-order chi connectivity index (χ1) is 12.5. The highest BCUT2D eigenvalue weighted by molar-refractivity contribution is 6.00. The molecule has 0 unspecified atom stereocenters. The van der Waals surface area contributed by atoms with Crippen LogP contribution in [0.1, 0.15) is 52.8 Å². The third-order valence-electron chi connectivity index (χ3n) is 5.13. The maximum absolute atomic E-state index is 12.9. The van der Waals surface area contributed by atoms with Crippen molar-refractivity contribution in [3.63, 3.8) is 0 Å². The van der Waals surface area contributed by atoms with Crippen molar-refractivity contribution in [3.8, 4) is 5.75 Å².